The molecule has 1 N–H and O–H groups in total. The first-order chi connectivity index (χ1) is 9.24. The monoisotopic (exact) mass is 280 g/mol. The van der Waals surface area contributed by atoms with Gasteiger partial charge in [0, 0.05) is 25.0 Å². The van der Waals surface area contributed by atoms with Gasteiger partial charge in [-0.25, -0.2) is 9.97 Å². The van der Waals surface area contributed by atoms with Crippen molar-refractivity contribution >= 4 is 23.3 Å². The Labute approximate surface area is 117 Å². The average molecular weight is 281 g/mol. The standard InChI is InChI=1S/C13H17ClN4O/c14-11-6-15-8-16-12(11)18-5-1-2-10(7-18)17-13(19)9-3-4-9/h6,8-10H,1-5,7H2,(H,17,19). The lowest BCUT2D eigenvalue weighted by Crippen LogP contribution is -2.48. The maximum atomic E-state index is 11.8. The lowest BCUT2D eigenvalue weighted by Gasteiger charge is -2.34. The van der Waals surface area contributed by atoms with E-state index < -0.39 is 0 Å². The Morgan fingerprint density at radius 2 is 2.26 bits per heavy atom. The molecule has 2 aliphatic rings. The molecule has 1 aromatic rings. The van der Waals surface area contributed by atoms with Gasteiger partial charge in [-0.15, -0.1) is 0 Å². The molecule has 2 fully saturated rings. The van der Waals surface area contributed by atoms with Crippen molar-refractivity contribution in [3.05, 3.63) is 17.5 Å². The first-order valence-corrected chi connectivity index (χ1v) is 7.12. The lowest BCUT2D eigenvalue weighted by atomic mass is 10.1. The summed E-state index contributed by atoms with van der Waals surface area (Å²) in [6.07, 6.45) is 7.26. The summed E-state index contributed by atoms with van der Waals surface area (Å²) in [5, 5.41) is 3.70. The van der Waals surface area contributed by atoms with Crippen LogP contribution in [-0.2, 0) is 4.79 Å². The maximum Gasteiger partial charge on any atom is 0.223 e. The van der Waals surface area contributed by atoms with Gasteiger partial charge in [-0.1, -0.05) is 11.6 Å². The van der Waals surface area contributed by atoms with E-state index in [0.717, 1.165) is 44.6 Å². The molecular weight excluding hydrogens is 264 g/mol. The predicted octanol–water partition coefficient (Wildman–Crippen LogP) is 1.62. The van der Waals surface area contributed by atoms with Crippen molar-refractivity contribution in [2.45, 2.75) is 31.7 Å². The van der Waals surface area contributed by atoms with Gasteiger partial charge >= 0.3 is 0 Å². The lowest BCUT2D eigenvalue weighted by molar-refractivity contribution is -0.123. The van der Waals surface area contributed by atoms with Crippen molar-refractivity contribution in [2.75, 3.05) is 18.0 Å². The fourth-order valence-corrected chi connectivity index (χ4v) is 2.72. The van der Waals surface area contributed by atoms with Gasteiger partial charge in [0.2, 0.25) is 5.91 Å². The molecule has 1 aliphatic carbocycles. The Morgan fingerprint density at radius 3 is 3.00 bits per heavy atom. The van der Waals surface area contributed by atoms with Crippen LogP contribution in [0.25, 0.3) is 0 Å². The van der Waals surface area contributed by atoms with E-state index in [2.05, 4.69) is 20.2 Å². The molecule has 1 unspecified atom stereocenters. The number of hydrogen-bond donors (Lipinski definition) is 1. The zero-order chi connectivity index (χ0) is 13.2. The molecule has 5 nitrogen and oxygen atoms in total. The van der Waals surface area contributed by atoms with E-state index in [-0.39, 0.29) is 17.9 Å². The number of nitrogens with zero attached hydrogens (tertiary/aromatic N) is 3. The Kier molecular flexibility index (Phi) is 3.55. The quantitative estimate of drug-likeness (QED) is 0.914. The van der Waals surface area contributed by atoms with Crippen molar-refractivity contribution in [2.24, 2.45) is 5.92 Å². The predicted molar refractivity (Wildman–Crippen MR) is 73.1 cm³/mol. The molecule has 102 valence electrons. The third-order valence-corrected chi connectivity index (χ3v) is 3.93. The van der Waals surface area contributed by atoms with Crippen LogP contribution in [0.3, 0.4) is 0 Å². The molecule has 1 amide bonds. The van der Waals surface area contributed by atoms with Crippen LogP contribution in [0.2, 0.25) is 5.02 Å². The summed E-state index contributed by atoms with van der Waals surface area (Å²) in [7, 11) is 0. The third-order valence-electron chi connectivity index (χ3n) is 3.66. The molecule has 1 aliphatic heterocycles. The van der Waals surface area contributed by atoms with Gasteiger partial charge in [0.05, 0.1) is 6.20 Å². The second kappa shape index (κ2) is 5.33. The highest BCUT2D eigenvalue weighted by atomic mass is 35.5. The first-order valence-electron chi connectivity index (χ1n) is 6.75. The van der Waals surface area contributed by atoms with Gasteiger partial charge in [-0.3, -0.25) is 4.79 Å². The van der Waals surface area contributed by atoms with E-state index in [1.165, 1.54) is 6.33 Å². The molecule has 0 bridgehead atoms. The molecular formula is C13H17ClN4O. The number of piperidine rings is 1. The molecule has 6 heteroatoms. The zero-order valence-electron chi connectivity index (χ0n) is 10.7. The molecule has 1 aromatic heterocycles. The highest BCUT2D eigenvalue weighted by molar-refractivity contribution is 6.32. The highest BCUT2D eigenvalue weighted by Gasteiger charge is 2.32. The van der Waals surface area contributed by atoms with Gasteiger partial charge in [0.1, 0.15) is 11.3 Å². The van der Waals surface area contributed by atoms with Crippen LogP contribution in [-0.4, -0.2) is 35.0 Å². The van der Waals surface area contributed by atoms with E-state index in [1.54, 1.807) is 6.20 Å². The molecule has 1 saturated carbocycles. The number of carbonyl (C=O) groups is 1. The van der Waals surface area contributed by atoms with E-state index in [4.69, 9.17) is 11.6 Å². The fourth-order valence-electron chi connectivity index (χ4n) is 2.49. The molecule has 1 atom stereocenters. The molecule has 0 aromatic carbocycles. The second-order valence-electron chi connectivity index (χ2n) is 5.26. The van der Waals surface area contributed by atoms with Crippen molar-refractivity contribution in [3.63, 3.8) is 0 Å². The molecule has 0 spiro atoms. The van der Waals surface area contributed by atoms with Gasteiger partial charge in [-0.05, 0) is 25.7 Å². The molecule has 3 rings (SSSR count). The van der Waals surface area contributed by atoms with E-state index in [9.17, 15) is 4.79 Å². The Morgan fingerprint density at radius 1 is 1.42 bits per heavy atom. The SMILES string of the molecule is O=C(NC1CCCN(c2ncncc2Cl)C1)C1CC1. The molecule has 1 saturated heterocycles. The molecule has 19 heavy (non-hydrogen) atoms. The van der Waals surface area contributed by atoms with Crippen molar-refractivity contribution in [3.8, 4) is 0 Å². The highest BCUT2D eigenvalue weighted by Crippen LogP contribution is 2.30. The topological polar surface area (TPSA) is 58.1 Å². The van der Waals surface area contributed by atoms with Crippen LogP contribution in [0.5, 0.6) is 0 Å². The summed E-state index contributed by atoms with van der Waals surface area (Å²) >= 11 is 6.12. The summed E-state index contributed by atoms with van der Waals surface area (Å²) in [6, 6.07) is 0.202. The average Bonchev–Trinajstić information content (AvgIpc) is 3.24. The molecule has 0 radical (unpaired) electrons. The zero-order valence-corrected chi connectivity index (χ0v) is 11.4. The Balaban J connectivity index is 1.64. The van der Waals surface area contributed by atoms with Crippen LogP contribution in [0.1, 0.15) is 25.7 Å². The van der Waals surface area contributed by atoms with Crippen molar-refractivity contribution < 1.29 is 4.79 Å². The number of carbonyl (C=O) groups excluding carboxylic acids is 1. The van der Waals surface area contributed by atoms with Gasteiger partial charge < -0.3 is 10.2 Å². The Bertz CT molecular complexity index is 477. The van der Waals surface area contributed by atoms with Crippen molar-refractivity contribution in [1.29, 1.82) is 0 Å². The normalized spacial score (nSPS) is 23.2. The molecule has 2 heterocycles. The first kappa shape index (κ1) is 12.7. The van der Waals surface area contributed by atoms with Crippen LogP contribution in [0.4, 0.5) is 5.82 Å². The number of aromatic nitrogens is 2. The van der Waals surface area contributed by atoms with Crippen LogP contribution < -0.4 is 10.2 Å². The summed E-state index contributed by atoms with van der Waals surface area (Å²) in [5.41, 5.74) is 0. The fraction of sp³-hybridized carbons (Fsp3) is 0.615. The number of anilines is 1. The minimum atomic E-state index is 0.202. The summed E-state index contributed by atoms with van der Waals surface area (Å²) in [5.74, 6) is 1.24. The number of nitrogens with one attached hydrogen (secondary N) is 1. The minimum Gasteiger partial charge on any atom is -0.353 e. The number of amides is 1. The summed E-state index contributed by atoms with van der Waals surface area (Å²) < 4.78 is 0. The van der Waals surface area contributed by atoms with Crippen molar-refractivity contribution in [1.82, 2.24) is 15.3 Å². The van der Waals surface area contributed by atoms with Crippen LogP contribution in [0.15, 0.2) is 12.5 Å². The second-order valence-corrected chi connectivity index (χ2v) is 5.67. The van der Waals surface area contributed by atoms with Crippen LogP contribution in [0, 0.1) is 5.92 Å². The van der Waals surface area contributed by atoms with E-state index in [0.29, 0.717) is 5.02 Å². The van der Waals surface area contributed by atoms with E-state index >= 15 is 0 Å². The third kappa shape index (κ3) is 2.97. The number of halogens is 1. The number of rotatable bonds is 3. The largest absolute Gasteiger partial charge is 0.353 e. The Hall–Kier alpha value is -1.36. The number of hydrogen-bond acceptors (Lipinski definition) is 4. The van der Waals surface area contributed by atoms with Crippen LogP contribution >= 0.6 is 11.6 Å². The van der Waals surface area contributed by atoms with E-state index in [1.807, 2.05) is 0 Å². The maximum absolute atomic E-state index is 11.8. The minimum absolute atomic E-state index is 0.202. The van der Waals surface area contributed by atoms with Gasteiger partial charge in [0.15, 0.2) is 5.82 Å². The summed E-state index contributed by atoms with van der Waals surface area (Å²) in [4.78, 5) is 22.1. The smallest absolute Gasteiger partial charge is 0.223 e. The summed E-state index contributed by atoms with van der Waals surface area (Å²) in [6.45, 7) is 1.70. The van der Waals surface area contributed by atoms with Gasteiger partial charge in [-0.2, -0.15) is 0 Å². The van der Waals surface area contributed by atoms with Gasteiger partial charge in [0.25, 0.3) is 0 Å².